The Balaban J connectivity index is 1.74. The van der Waals surface area contributed by atoms with Crippen molar-refractivity contribution in [1.82, 2.24) is 5.32 Å². The van der Waals surface area contributed by atoms with Gasteiger partial charge in [-0.15, -0.1) is 0 Å². The minimum Gasteiger partial charge on any atom is -0.497 e. The Morgan fingerprint density at radius 3 is 2.52 bits per heavy atom. The minimum absolute atomic E-state index is 0.0140. The van der Waals surface area contributed by atoms with Crippen LogP contribution in [0.2, 0.25) is 0 Å². The molecular formula is C17H23NO6S. The van der Waals surface area contributed by atoms with Gasteiger partial charge in [-0.3, -0.25) is 9.59 Å². The molecule has 0 bridgehead atoms. The van der Waals surface area contributed by atoms with Crippen LogP contribution in [0.25, 0.3) is 0 Å². The maximum atomic E-state index is 12.0. The van der Waals surface area contributed by atoms with Crippen molar-refractivity contribution in [3.63, 3.8) is 0 Å². The molecule has 1 aliphatic rings. The van der Waals surface area contributed by atoms with E-state index in [9.17, 15) is 18.0 Å². The van der Waals surface area contributed by atoms with Crippen molar-refractivity contribution < 1.29 is 27.5 Å². The van der Waals surface area contributed by atoms with Gasteiger partial charge in [-0.05, 0) is 37.0 Å². The summed E-state index contributed by atoms with van der Waals surface area (Å²) in [7, 11) is -1.45. The summed E-state index contributed by atoms with van der Waals surface area (Å²) in [6, 6.07) is 7.24. The molecule has 7 nitrogen and oxygen atoms in total. The third kappa shape index (κ3) is 6.04. The van der Waals surface area contributed by atoms with Gasteiger partial charge in [0.1, 0.15) is 5.75 Å². The second-order valence-corrected chi connectivity index (χ2v) is 8.40. The van der Waals surface area contributed by atoms with E-state index >= 15 is 0 Å². The van der Waals surface area contributed by atoms with Gasteiger partial charge in [0.2, 0.25) is 0 Å². The first-order chi connectivity index (χ1) is 11.8. The summed E-state index contributed by atoms with van der Waals surface area (Å²) < 4.78 is 32.9. The molecule has 2 atom stereocenters. The van der Waals surface area contributed by atoms with Crippen LogP contribution in [0, 0.1) is 5.92 Å². The van der Waals surface area contributed by atoms with Gasteiger partial charge in [0.25, 0.3) is 5.91 Å². The number of nitrogens with one attached hydrogen (secondary N) is 1. The number of hydrogen-bond acceptors (Lipinski definition) is 6. The molecule has 1 N–H and O–H groups in total. The van der Waals surface area contributed by atoms with Crippen molar-refractivity contribution in [2.75, 3.05) is 18.6 Å². The predicted molar refractivity (Wildman–Crippen MR) is 91.8 cm³/mol. The summed E-state index contributed by atoms with van der Waals surface area (Å²) in [6.07, 6.45) is -0.436. The number of hydrogen-bond donors (Lipinski definition) is 1. The molecule has 1 saturated heterocycles. The van der Waals surface area contributed by atoms with E-state index < -0.39 is 27.8 Å². The lowest BCUT2D eigenvalue weighted by Crippen LogP contribution is -2.35. The zero-order valence-electron chi connectivity index (χ0n) is 14.4. The average molecular weight is 369 g/mol. The normalized spacial score (nSPS) is 19.8. The maximum absolute atomic E-state index is 12.0. The highest BCUT2D eigenvalue weighted by Gasteiger charge is 2.30. The quantitative estimate of drug-likeness (QED) is 0.722. The number of carbonyl (C=O) groups excluding carboxylic acids is 2. The summed E-state index contributed by atoms with van der Waals surface area (Å²) in [5, 5.41) is 2.70. The Morgan fingerprint density at radius 2 is 1.96 bits per heavy atom. The van der Waals surface area contributed by atoms with E-state index in [0.717, 1.165) is 11.3 Å². The summed E-state index contributed by atoms with van der Waals surface area (Å²) in [6.45, 7) is 1.80. The van der Waals surface area contributed by atoms with Crippen LogP contribution >= 0.6 is 0 Å². The smallest absolute Gasteiger partial charge is 0.306 e. The lowest BCUT2D eigenvalue weighted by molar-refractivity contribution is -0.155. The Labute approximate surface area is 147 Å². The van der Waals surface area contributed by atoms with Crippen molar-refractivity contribution in [3.8, 4) is 5.75 Å². The predicted octanol–water partition coefficient (Wildman–Crippen LogP) is 1.07. The molecule has 0 radical (unpaired) electrons. The first-order valence-electron chi connectivity index (χ1n) is 8.09. The molecule has 1 aliphatic heterocycles. The summed E-state index contributed by atoms with van der Waals surface area (Å²) in [5.41, 5.74) is 0.892. The van der Waals surface area contributed by atoms with Crippen LogP contribution < -0.4 is 10.1 Å². The molecule has 25 heavy (non-hydrogen) atoms. The van der Waals surface area contributed by atoms with E-state index in [-0.39, 0.29) is 23.8 Å². The number of rotatable bonds is 7. The van der Waals surface area contributed by atoms with Crippen LogP contribution in [0.4, 0.5) is 0 Å². The molecule has 1 heterocycles. The number of sulfone groups is 1. The topological polar surface area (TPSA) is 98.8 Å². The lowest BCUT2D eigenvalue weighted by atomic mass is 10.1. The average Bonchev–Trinajstić information content (AvgIpc) is 2.91. The first-order valence-corrected chi connectivity index (χ1v) is 9.92. The highest BCUT2D eigenvalue weighted by atomic mass is 32.2. The highest BCUT2D eigenvalue weighted by molar-refractivity contribution is 7.91. The summed E-state index contributed by atoms with van der Waals surface area (Å²) in [5.74, 6) is -0.307. The monoisotopic (exact) mass is 369 g/mol. The molecule has 8 heteroatoms. The Bertz CT molecular complexity index is 713. The van der Waals surface area contributed by atoms with E-state index in [2.05, 4.69) is 5.32 Å². The number of amides is 1. The van der Waals surface area contributed by atoms with E-state index in [1.165, 1.54) is 6.92 Å². The van der Waals surface area contributed by atoms with Crippen LogP contribution in [0.3, 0.4) is 0 Å². The maximum Gasteiger partial charge on any atom is 0.306 e. The van der Waals surface area contributed by atoms with Crippen molar-refractivity contribution in [3.05, 3.63) is 29.8 Å². The molecule has 1 amide bonds. The van der Waals surface area contributed by atoms with Gasteiger partial charge >= 0.3 is 5.97 Å². The van der Waals surface area contributed by atoms with Crippen LogP contribution in [0.5, 0.6) is 5.75 Å². The Morgan fingerprint density at radius 1 is 1.28 bits per heavy atom. The van der Waals surface area contributed by atoms with Gasteiger partial charge in [0.15, 0.2) is 15.9 Å². The number of ether oxygens (including phenoxy) is 2. The molecule has 0 unspecified atom stereocenters. The minimum atomic E-state index is -3.03. The van der Waals surface area contributed by atoms with Gasteiger partial charge < -0.3 is 14.8 Å². The number of methoxy groups -OCH3 is 1. The van der Waals surface area contributed by atoms with Crippen molar-refractivity contribution in [2.24, 2.45) is 5.92 Å². The fourth-order valence-corrected chi connectivity index (χ4v) is 4.51. The molecule has 0 saturated carbocycles. The second-order valence-electron chi connectivity index (χ2n) is 6.17. The Kier molecular flexibility index (Phi) is 6.41. The molecular weight excluding hydrogens is 346 g/mol. The third-order valence-electron chi connectivity index (χ3n) is 4.09. The molecule has 0 aliphatic carbocycles. The Hall–Kier alpha value is -2.09. The van der Waals surface area contributed by atoms with Crippen LogP contribution in [0.1, 0.15) is 25.3 Å². The molecule has 0 spiro atoms. The van der Waals surface area contributed by atoms with Gasteiger partial charge in [-0.1, -0.05) is 12.1 Å². The molecule has 1 aromatic rings. The van der Waals surface area contributed by atoms with Crippen LogP contribution in [-0.2, 0) is 30.7 Å². The molecule has 0 aromatic heterocycles. The largest absolute Gasteiger partial charge is 0.497 e. The fourth-order valence-electron chi connectivity index (χ4n) is 2.64. The van der Waals surface area contributed by atoms with Crippen LogP contribution in [0.15, 0.2) is 24.3 Å². The van der Waals surface area contributed by atoms with Gasteiger partial charge in [0.05, 0.1) is 18.6 Å². The molecule has 1 aromatic carbocycles. The fraction of sp³-hybridized carbons (Fsp3) is 0.529. The van der Waals surface area contributed by atoms with Gasteiger partial charge in [0, 0.05) is 13.0 Å². The van der Waals surface area contributed by atoms with E-state index in [1.807, 2.05) is 12.1 Å². The number of benzene rings is 1. The van der Waals surface area contributed by atoms with Gasteiger partial charge in [-0.2, -0.15) is 0 Å². The first kappa shape index (κ1) is 19.2. The van der Waals surface area contributed by atoms with E-state index in [0.29, 0.717) is 13.0 Å². The molecule has 1 fully saturated rings. The van der Waals surface area contributed by atoms with Crippen LogP contribution in [-0.4, -0.2) is 45.0 Å². The molecule has 2 rings (SSSR count). The third-order valence-corrected chi connectivity index (χ3v) is 5.92. The zero-order valence-corrected chi connectivity index (χ0v) is 15.2. The van der Waals surface area contributed by atoms with E-state index in [4.69, 9.17) is 9.47 Å². The number of carbonyl (C=O) groups is 2. The second kappa shape index (κ2) is 8.33. The van der Waals surface area contributed by atoms with E-state index in [1.54, 1.807) is 19.2 Å². The lowest BCUT2D eigenvalue weighted by Gasteiger charge is -2.15. The van der Waals surface area contributed by atoms with Crippen molar-refractivity contribution in [1.29, 1.82) is 0 Å². The number of esters is 1. The van der Waals surface area contributed by atoms with Gasteiger partial charge in [-0.25, -0.2) is 8.42 Å². The van der Waals surface area contributed by atoms with Crippen molar-refractivity contribution in [2.45, 2.75) is 32.4 Å². The highest BCUT2D eigenvalue weighted by Crippen LogP contribution is 2.22. The standard InChI is InChI=1S/C17H23NO6S/c1-12(24-16(19)9-14-7-8-25(21,22)11-14)17(20)18-10-13-3-5-15(23-2)6-4-13/h3-6,12,14H,7-11H2,1-2H3,(H,18,20)/t12-,14+/m0/s1. The zero-order chi connectivity index (χ0) is 18.4. The summed E-state index contributed by atoms with van der Waals surface area (Å²) in [4.78, 5) is 23.9. The SMILES string of the molecule is COc1ccc(CNC(=O)[C@H](C)OC(=O)C[C@H]2CCS(=O)(=O)C2)cc1. The van der Waals surface area contributed by atoms with Crippen molar-refractivity contribution >= 4 is 21.7 Å². The molecule has 138 valence electrons. The summed E-state index contributed by atoms with van der Waals surface area (Å²) >= 11 is 0.